The van der Waals surface area contributed by atoms with Crippen molar-refractivity contribution in [3.05, 3.63) is 20.8 Å². The van der Waals surface area contributed by atoms with Crippen LogP contribution in [0.4, 0.5) is 0 Å². The third kappa shape index (κ3) is 4.04. The molecule has 0 bridgehead atoms. The molecule has 1 aromatic rings. The number of hydrogen-bond acceptors (Lipinski definition) is 4. The van der Waals surface area contributed by atoms with E-state index in [2.05, 4.69) is 39.7 Å². The van der Waals surface area contributed by atoms with Gasteiger partial charge in [-0.05, 0) is 41.8 Å². The minimum Gasteiger partial charge on any atom is -0.374 e. The van der Waals surface area contributed by atoms with Gasteiger partial charge in [-0.1, -0.05) is 25.7 Å². The maximum Gasteiger partial charge on any atom is 0.0851 e. The van der Waals surface area contributed by atoms with E-state index in [1.807, 2.05) is 0 Å². The number of halogens is 1. The Hall–Kier alpha value is 0.0600. The molecule has 0 radical (unpaired) electrons. The molecule has 0 saturated heterocycles. The molecular formula is C15H25BrN2OS. The summed E-state index contributed by atoms with van der Waals surface area (Å²) in [5, 5.41) is 2.13. The Labute approximate surface area is 134 Å². The predicted molar refractivity (Wildman–Crippen MR) is 88.9 cm³/mol. The molecule has 0 spiro atoms. The molecule has 1 aliphatic rings. The molecule has 0 amide bonds. The summed E-state index contributed by atoms with van der Waals surface area (Å²) >= 11 is 5.31. The van der Waals surface area contributed by atoms with Gasteiger partial charge >= 0.3 is 0 Å². The molecule has 3 N–H and O–H groups in total. The lowest BCUT2D eigenvalue weighted by Gasteiger charge is -2.39. The average molecular weight is 361 g/mol. The van der Waals surface area contributed by atoms with E-state index in [0.29, 0.717) is 0 Å². The zero-order valence-corrected chi connectivity index (χ0v) is 14.6. The molecule has 1 atom stereocenters. The molecule has 0 aromatic carbocycles. The summed E-state index contributed by atoms with van der Waals surface area (Å²) in [4.78, 5) is 1.35. The van der Waals surface area contributed by atoms with Crippen molar-refractivity contribution < 1.29 is 4.74 Å². The molecule has 114 valence electrons. The van der Waals surface area contributed by atoms with Crippen molar-refractivity contribution in [3.8, 4) is 0 Å². The van der Waals surface area contributed by atoms with Crippen molar-refractivity contribution in [3.63, 3.8) is 0 Å². The zero-order valence-electron chi connectivity index (χ0n) is 12.2. The van der Waals surface area contributed by atoms with E-state index in [-0.39, 0.29) is 11.6 Å². The number of nitrogens with one attached hydrogen (secondary N) is 1. The number of nitrogens with two attached hydrogens (primary N) is 1. The fourth-order valence-electron chi connectivity index (χ4n) is 3.27. The van der Waals surface area contributed by atoms with Crippen LogP contribution in [-0.4, -0.2) is 18.2 Å². The van der Waals surface area contributed by atoms with Crippen molar-refractivity contribution in [2.24, 2.45) is 5.84 Å². The van der Waals surface area contributed by atoms with E-state index in [4.69, 9.17) is 10.6 Å². The lowest BCUT2D eigenvalue weighted by Crippen LogP contribution is -2.55. The summed E-state index contributed by atoms with van der Waals surface area (Å²) in [5.74, 6) is 5.89. The minimum atomic E-state index is -0.101. The summed E-state index contributed by atoms with van der Waals surface area (Å²) in [5.41, 5.74) is 2.95. The standard InChI is InChI=1S/C15H25BrN2OS/c1-2-19-15(7-5-3-4-6-8-15)14(18-17)10-13-9-12(16)11-20-13/h9,11,14,18H,2-8,10,17H2,1H3. The van der Waals surface area contributed by atoms with Crippen molar-refractivity contribution in [2.45, 2.75) is 63.5 Å². The number of hydrazine groups is 1. The minimum absolute atomic E-state index is 0.101. The highest BCUT2D eigenvalue weighted by Crippen LogP contribution is 2.35. The maximum absolute atomic E-state index is 6.23. The molecule has 1 aromatic heterocycles. The van der Waals surface area contributed by atoms with Gasteiger partial charge in [-0.3, -0.25) is 11.3 Å². The van der Waals surface area contributed by atoms with Gasteiger partial charge in [-0.15, -0.1) is 11.3 Å². The van der Waals surface area contributed by atoms with E-state index in [9.17, 15) is 0 Å². The normalized spacial score (nSPS) is 20.6. The molecular weight excluding hydrogens is 336 g/mol. The highest BCUT2D eigenvalue weighted by molar-refractivity contribution is 9.10. The molecule has 3 nitrogen and oxygen atoms in total. The Bertz CT molecular complexity index is 402. The second-order valence-electron chi connectivity index (χ2n) is 5.57. The van der Waals surface area contributed by atoms with Crippen LogP contribution in [0.15, 0.2) is 15.9 Å². The Morgan fingerprint density at radius 3 is 2.60 bits per heavy atom. The van der Waals surface area contributed by atoms with Crippen LogP contribution in [0.2, 0.25) is 0 Å². The second-order valence-corrected chi connectivity index (χ2v) is 7.48. The van der Waals surface area contributed by atoms with E-state index >= 15 is 0 Å². The lowest BCUT2D eigenvalue weighted by molar-refractivity contribution is -0.0766. The van der Waals surface area contributed by atoms with Crippen molar-refractivity contribution in [1.29, 1.82) is 0 Å². The van der Waals surface area contributed by atoms with Gasteiger partial charge in [0.25, 0.3) is 0 Å². The van der Waals surface area contributed by atoms with Gasteiger partial charge in [0.1, 0.15) is 0 Å². The zero-order chi connectivity index (χ0) is 14.4. The molecule has 0 aliphatic heterocycles. The van der Waals surface area contributed by atoms with Crippen LogP contribution in [0.3, 0.4) is 0 Å². The quantitative estimate of drug-likeness (QED) is 0.457. The van der Waals surface area contributed by atoms with Gasteiger partial charge in [-0.2, -0.15) is 0 Å². The molecule has 1 fully saturated rings. The third-order valence-electron chi connectivity index (χ3n) is 4.25. The maximum atomic E-state index is 6.23. The molecule has 2 rings (SSSR count). The Balaban J connectivity index is 2.15. The predicted octanol–water partition coefficient (Wildman–Crippen LogP) is 4.01. The third-order valence-corrected chi connectivity index (χ3v) is 5.96. The smallest absolute Gasteiger partial charge is 0.0851 e. The Morgan fingerprint density at radius 1 is 1.40 bits per heavy atom. The number of thiophene rings is 1. The van der Waals surface area contributed by atoms with Gasteiger partial charge in [0, 0.05) is 27.8 Å². The fourth-order valence-corrected chi connectivity index (χ4v) is 4.76. The van der Waals surface area contributed by atoms with Gasteiger partial charge in [0.2, 0.25) is 0 Å². The molecule has 1 heterocycles. The monoisotopic (exact) mass is 360 g/mol. The van der Waals surface area contributed by atoms with E-state index in [1.165, 1.54) is 30.6 Å². The van der Waals surface area contributed by atoms with Gasteiger partial charge in [0.05, 0.1) is 11.6 Å². The van der Waals surface area contributed by atoms with Gasteiger partial charge < -0.3 is 4.74 Å². The Kier molecular flexibility index (Phi) is 6.49. The molecule has 5 heteroatoms. The van der Waals surface area contributed by atoms with Crippen LogP contribution in [0.1, 0.15) is 50.3 Å². The fraction of sp³-hybridized carbons (Fsp3) is 0.733. The van der Waals surface area contributed by atoms with Crippen molar-refractivity contribution in [1.82, 2.24) is 5.43 Å². The van der Waals surface area contributed by atoms with Crippen LogP contribution in [0.5, 0.6) is 0 Å². The molecule has 1 saturated carbocycles. The largest absolute Gasteiger partial charge is 0.374 e. The van der Waals surface area contributed by atoms with Crippen LogP contribution in [0.25, 0.3) is 0 Å². The first-order valence-electron chi connectivity index (χ1n) is 7.53. The number of rotatable bonds is 6. The topological polar surface area (TPSA) is 47.3 Å². The van der Waals surface area contributed by atoms with Crippen LogP contribution in [-0.2, 0) is 11.2 Å². The number of hydrogen-bond donors (Lipinski definition) is 2. The summed E-state index contributed by atoms with van der Waals surface area (Å²) < 4.78 is 7.39. The first-order chi connectivity index (χ1) is 9.70. The van der Waals surface area contributed by atoms with E-state index in [0.717, 1.165) is 30.3 Å². The summed E-state index contributed by atoms with van der Waals surface area (Å²) in [6, 6.07) is 2.37. The van der Waals surface area contributed by atoms with Gasteiger partial charge in [0.15, 0.2) is 0 Å². The average Bonchev–Trinajstić information content (AvgIpc) is 2.71. The van der Waals surface area contributed by atoms with E-state index < -0.39 is 0 Å². The first-order valence-corrected chi connectivity index (χ1v) is 9.20. The van der Waals surface area contributed by atoms with Crippen LogP contribution < -0.4 is 11.3 Å². The van der Waals surface area contributed by atoms with E-state index in [1.54, 1.807) is 11.3 Å². The van der Waals surface area contributed by atoms with Gasteiger partial charge in [-0.25, -0.2) is 0 Å². The summed E-state index contributed by atoms with van der Waals surface area (Å²) in [6.45, 7) is 2.84. The van der Waals surface area contributed by atoms with Crippen molar-refractivity contribution >= 4 is 27.3 Å². The lowest BCUT2D eigenvalue weighted by atomic mass is 9.84. The summed E-state index contributed by atoms with van der Waals surface area (Å²) in [7, 11) is 0. The first kappa shape index (κ1) is 16.4. The summed E-state index contributed by atoms with van der Waals surface area (Å²) in [6.07, 6.45) is 8.28. The SMILES string of the molecule is CCOC1(C(Cc2cc(Br)cs2)NN)CCCCCC1. The van der Waals surface area contributed by atoms with Crippen LogP contribution >= 0.6 is 27.3 Å². The molecule has 20 heavy (non-hydrogen) atoms. The Morgan fingerprint density at radius 2 is 2.10 bits per heavy atom. The highest BCUT2D eigenvalue weighted by atomic mass is 79.9. The van der Waals surface area contributed by atoms with Crippen LogP contribution in [0, 0.1) is 0 Å². The molecule has 1 aliphatic carbocycles. The highest BCUT2D eigenvalue weighted by Gasteiger charge is 2.39. The second kappa shape index (κ2) is 7.90. The van der Waals surface area contributed by atoms with Crippen molar-refractivity contribution in [2.75, 3.05) is 6.61 Å². The number of ether oxygens (including phenoxy) is 1. The molecule has 1 unspecified atom stereocenters.